The lowest BCUT2D eigenvalue weighted by molar-refractivity contribution is -0.116. The third-order valence-electron chi connectivity index (χ3n) is 3.14. The summed E-state index contributed by atoms with van der Waals surface area (Å²) in [4.78, 5) is 13.9. The third-order valence-corrected chi connectivity index (χ3v) is 3.14. The van der Waals surface area contributed by atoms with Gasteiger partial charge in [-0.15, -0.1) is 0 Å². The highest BCUT2D eigenvalue weighted by Crippen LogP contribution is 2.16. The van der Waals surface area contributed by atoms with Crippen LogP contribution < -0.4 is 11.1 Å². The molecular formula is C15H25N3O3. The molecule has 21 heavy (non-hydrogen) atoms. The number of carbonyl (C=O) groups is 1. The molecule has 118 valence electrons. The summed E-state index contributed by atoms with van der Waals surface area (Å²) in [7, 11) is 1.65. The number of amides is 1. The van der Waals surface area contributed by atoms with Crippen LogP contribution in [0.1, 0.15) is 12.8 Å². The number of nitrogen functional groups attached to an aromatic ring is 1. The average molecular weight is 295 g/mol. The molecule has 0 aliphatic heterocycles. The molecule has 0 fully saturated rings. The van der Waals surface area contributed by atoms with Gasteiger partial charge in [0.1, 0.15) is 0 Å². The predicted molar refractivity (Wildman–Crippen MR) is 84.1 cm³/mol. The van der Waals surface area contributed by atoms with Crippen LogP contribution in [0, 0.1) is 0 Å². The number of methoxy groups -OCH3 is 1. The van der Waals surface area contributed by atoms with Gasteiger partial charge >= 0.3 is 0 Å². The van der Waals surface area contributed by atoms with E-state index in [1.807, 2.05) is 12.1 Å². The van der Waals surface area contributed by atoms with E-state index >= 15 is 0 Å². The molecule has 0 saturated carbocycles. The number of para-hydroxylation sites is 2. The molecule has 1 aromatic rings. The van der Waals surface area contributed by atoms with Crippen LogP contribution in [0.15, 0.2) is 24.3 Å². The number of rotatable bonds is 10. The van der Waals surface area contributed by atoms with Gasteiger partial charge in [-0.2, -0.15) is 0 Å². The molecule has 6 heteroatoms. The Morgan fingerprint density at radius 1 is 1.33 bits per heavy atom. The van der Waals surface area contributed by atoms with E-state index < -0.39 is 0 Å². The molecule has 0 aliphatic carbocycles. The van der Waals surface area contributed by atoms with E-state index in [1.165, 1.54) is 0 Å². The summed E-state index contributed by atoms with van der Waals surface area (Å²) in [6.07, 6.45) is 1.14. The van der Waals surface area contributed by atoms with Crippen LogP contribution in [0.5, 0.6) is 0 Å². The number of nitrogens with two attached hydrogens (primary N) is 1. The number of carbonyl (C=O) groups excluding carboxylic acids is 1. The van der Waals surface area contributed by atoms with Gasteiger partial charge in [0, 0.05) is 26.6 Å². The zero-order valence-corrected chi connectivity index (χ0v) is 12.5. The molecule has 1 rings (SSSR count). The molecule has 0 atom stereocenters. The smallest absolute Gasteiger partial charge is 0.224 e. The van der Waals surface area contributed by atoms with E-state index in [0.717, 1.165) is 19.5 Å². The van der Waals surface area contributed by atoms with E-state index in [1.54, 1.807) is 19.2 Å². The summed E-state index contributed by atoms with van der Waals surface area (Å²) in [5.74, 6) is -0.0522. The molecule has 0 aliphatic rings. The summed E-state index contributed by atoms with van der Waals surface area (Å²) < 4.78 is 5.02. The Morgan fingerprint density at radius 2 is 2.10 bits per heavy atom. The van der Waals surface area contributed by atoms with Gasteiger partial charge in [-0.25, -0.2) is 0 Å². The average Bonchev–Trinajstić information content (AvgIpc) is 2.47. The first-order valence-corrected chi connectivity index (χ1v) is 7.14. The standard InChI is InChI=1S/C15H25N3O3/c1-21-12-10-18(9-11-19)8-4-7-15(20)17-14-6-3-2-5-13(14)16/h2-3,5-6,19H,4,7-12,16H2,1H3,(H,17,20). The molecule has 0 saturated heterocycles. The number of benzene rings is 1. The van der Waals surface area contributed by atoms with E-state index in [9.17, 15) is 4.79 Å². The zero-order valence-electron chi connectivity index (χ0n) is 12.5. The molecule has 0 spiro atoms. The first kappa shape index (κ1) is 17.4. The fourth-order valence-electron chi connectivity index (χ4n) is 1.98. The van der Waals surface area contributed by atoms with Gasteiger partial charge in [0.2, 0.25) is 5.91 Å². The largest absolute Gasteiger partial charge is 0.397 e. The van der Waals surface area contributed by atoms with Gasteiger partial charge in [-0.1, -0.05) is 12.1 Å². The van der Waals surface area contributed by atoms with E-state index in [0.29, 0.717) is 30.9 Å². The van der Waals surface area contributed by atoms with Crippen molar-refractivity contribution >= 4 is 17.3 Å². The Hall–Kier alpha value is -1.63. The molecule has 1 aromatic carbocycles. The number of nitrogens with zero attached hydrogens (tertiary/aromatic N) is 1. The molecule has 6 nitrogen and oxygen atoms in total. The van der Waals surface area contributed by atoms with Crippen molar-refractivity contribution in [1.82, 2.24) is 4.90 Å². The van der Waals surface area contributed by atoms with Crippen LogP contribution in [0.4, 0.5) is 11.4 Å². The Bertz CT molecular complexity index is 426. The maximum absolute atomic E-state index is 11.9. The second-order valence-electron chi connectivity index (χ2n) is 4.80. The van der Waals surface area contributed by atoms with Gasteiger partial charge in [0.25, 0.3) is 0 Å². The number of hydrogen-bond donors (Lipinski definition) is 3. The number of hydrogen-bond acceptors (Lipinski definition) is 5. The minimum atomic E-state index is -0.0522. The first-order valence-electron chi connectivity index (χ1n) is 7.14. The van der Waals surface area contributed by atoms with E-state index in [4.69, 9.17) is 15.6 Å². The second kappa shape index (κ2) is 10.1. The maximum Gasteiger partial charge on any atom is 0.224 e. The fourth-order valence-corrected chi connectivity index (χ4v) is 1.98. The molecule has 0 heterocycles. The van der Waals surface area contributed by atoms with Crippen molar-refractivity contribution in [3.8, 4) is 0 Å². The highest BCUT2D eigenvalue weighted by atomic mass is 16.5. The van der Waals surface area contributed by atoms with Crippen molar-refractivity contribution in [2.45, 2.75) is 12.8 Å². The van der Waals surface area contributed by atoms with Crippen LogP contribution in [0.2, 0.25) is 0 Å². The van der Waals surface area contributed by atoms with Crippen molar-refractivity contribution < 1.29 is 14.6 Å². The maximum atomic E-state index is 11.9. The first-order chi connectivity index (χ1) is 10.2. The molecule has 0 bridgehead atoms. The summed E-state index contributed by atoms with van der Waals surface area (Å²) in [5.41, 5.74) is 6.99. The Kier molecular flexibility index (Phi) is 8.42. The molecular weight excluding hydrogens is 270 g/mol. The minimum absolute atomic E-state index is 0.0522. The van der Waals surface area contributed by atoms with Crippen molar-refractivity contribution in [2.24, 2.45) is 0 Å². The van der Waals surface area contributed by atoms with Crippen molar-refractivity contribution in [2.75, 3.05) is 51.0 Å². The highest BCUT2D eigenvalue weighted by Gasteiger charge is 2.07. The number of aliphatic hydroxyl groups excluding tert-OH is 1. The molecule has 0 unspecified atom stereocenters. The van der Waals surface area contributed by atoms with Gasteiger partial charge in [-0.05, 0) is 25.1 Å². The Morgan fingerprint density at radius 3 is 2.76 bits per heavy atom. The van der Waals surface area contributed by atoms with Crippen LogP contribution in [0.3, 0.4) is 0 Å². The lowest BCUT2D eigenvalue weighted by atomic mass is 10.2. The van der Waals surface area contributed by atoms with Crippen LogP contribution in [-0.2, 0) is 9.53 Å². The van der Waals surface area contributed by atoms with Crippen LogP contribution >= 0.6 is 0 Å². The summed E-state index contributed by atoms with van der Waals surface area (Å²) in [6, 6.07) is 7.19. The summed E-state index contributed by atoms with van der Waals surface area (Å²) >= 11 is 0. The normalized spacial score (nSPS) is 10.8. The number of aliphatic hydroxyl groups is 1. The zero-order chi connectivity index (χ0) is 15.5. The topological polar surface area (TPSA) is 87.8 Å². The molecule has 1 amide bonds. The van der Waals surface area contributed by atoms with E-state index in [-0.39, 0.29) is 12.5 Å². The van der Waals surface area contributed by atoms with Crippen LogP contribution in [0.25, 0.3) is 0 Å². The quantitative estimate of drug-likeness (QED) is 0.559. The van der Waals surface area contributed by atoms with Gasteiger partial charge in [-0.3, -0.25) is 9.69 Å². The summed E-state index contributed by atoms with van der Waals surface area (Å²) in [5, 5.41) is 11.8. The Balaban J connectivity index is 2.30. The van der Waals surface area contributed by atoms with Gasteiger partial charge < -0.3 is 20.9 Å². The van der Waals surface area contributed by atoms with Crippen molar-refractivity contribution in [3.05, 3.63) is 24.3 Å². The monoisotopic (exact) mass is 295 g/mol. The number of nitrogens with one attached hydrogen (secondary N) is 1. The van der Waals surface area contributed by atoms with Crippen LogP contribution in [-0.4, -0.2) is 55.9 Å². The molecule has 0 aromatic heterocycles. The third kappa shape index (κ3) is 7.08. The lowest BCUT2D eigenvalue weighted by Crippen LogP contribution is -2.31. The van der Waals surface area contributed by atoms with Crippen molar-refractivity contribution in [1.29, 1.82) is 0 Å². The van der Waals surface area contributed by atoms with E-state index in [2.05, 4.69) is 10.2 Å². The molecule has 0 radical (unpaired) electrons. The van der Waals surface area contributed by atoms with Gasteiger partial charge in [0.05, 0.1) is 24.6 Å². The number of ether oxygens (including phenoxy) is 1. The highest BCUT2D eigenvalue weighted by molar-refractivity contribution is 5.93. The predicted octanol–water partition coefficient (Wildman–Crippen LogP) is 0.928. The summed E-state index contributed by atoms with van der Waals surface area (Å²) in [6.45, 7) is 2.83. The Labute approximate surface area is 125 Å². The second-order valence-corrected chi connectivity index (χ2v) is 4.80. The SMILES string of the molecule is COCCN(CCO)CCCC(=O)Nc1ccccc1N. The molecule has 4 N–H and O–H groups in total. The number of anilines is 2. The van der Waals surface area contributed by atoms with Crippen molar-refractivity contribution in [3.63, 3.8) is 0 Å². The minimum Gasteiger partial charge on any atom is -0.397 e. The fraction of sp³-hybridized carbons (Fsp3) is 0.533. The van der Waals surface area contributed by atoms with Gasteiger partial charge in [0.15, 0.2) is 0 Å². The lowest BCUT2D eigenvalue weighted by Gasteiger charge is -2.20.